The van der Waals surface area contributed by atoms with E-state index in [1.54, 1.807) is 0 Å². The van der Waals surface area contributed by atoms with Crippen molar-refractivity contribution in [2.24, 2.45) is 0 Å². The predicted molar refractivity (Wildman–Crippen MR) is 82.9 cm³/mol. The second kappa shape index (κ2) is 7.54. The quantitative estimate of drug-likeness (QED) is 0.697. The van der Waals surface area contributed by atoms with Crippen LogP contribution in [0.4, 0.5) is 0 Å². The molecule has 21 heavy (non-hydrogen) atoms. The summed E-state index contributed by atoms with van der Waals surface area (Å²) in [5, 5.41) is 21.7. The van der Waals surface area contributed by atoms with Crippen LogP contribution in [0.3, 0.4) is 0 Å². The number of hydrogen-bond donors (Lipinski definition) is 3. The van der Waals surface area contributed by atoms with Gasteiger partial charge in [0.05, 0.1) is 18.8 Å². The van der Waals surface area contributed by atoms with E-state index < -0.39 is 11.6 Å². The fraction of sp³-hybridized carbons (Fsp3) is 0.562. The number of aryl methyl sites for hydroxylation is 1. The zero-order chi connectivity index (χ0) is 16.0. The molecule has 1 atom stereocenters. The Hall–Kier alpha value is -1.43. The number of benzene rings is 1. The smallest absolute Gasteiger partial charge is 0.242 e. The van der Waals surface area contributed by atoms with Crippen LogP contribution < -0.4 is 5.32 Å². The summed E-state index contributed by atoms with van der Waals surface area (Å²) in [5.74, 6) is -0.228. The Kier molecular flexibility index (Phi) is 6.33. The molecule has 0 aliphatic heterocycles. The molecule has 5 nitrogen and oxygen atoms in total. The van der Waals surface area contributed by atoms with Gasteiger partial charge in [-0.1, -0.05) is 36.8 Å². The van der Waals surface area contributed by atoms with Gasteiger partial charge in [0.1, 0.15) is 6.04 Å². The average Bonchev–Trinajstić information content (AvgIpc) is 2.47. The first-order valence-electron chi connectivity index (χ1n) is 7.16. The number of carbonyl (C=O) groups is 1. The minimum Gasteiger partial charge on any atom is -0.394 e. The molecule has 3 N–H and O–H groups in total. The first-order valence-corrected chi connectivity index (χ1v) is 7.16. The molecule has 0 saturated heterocycles. The number of aliphatic hydroxyl groups excluding tert-OH is 2. The van der Waals surface area contributed by atoms with E-state index in [-0.39, 0.29) is 19.1 Å². The fourth-order valence-electron chi connectivity index (χ4n) is 2.20. The second-order valence-electron chi connectivity index (χ2n) is 5.72. The summed E-state index contributed by atoms with van der Waals surface area (Å²) in [6.45, 7) is 3.23. The maximum Gasteiger partial charge on any atom is 0.242 e. The highest BCUT2D eigenvalue weighted by Gasteiger charge is 2.32. The highest BCUT2D eigenvalue weighted by molar-refractivity contribution is 5.84. The van der Waals surface area contributed by atoms with Crippen molar-refractivity contribution in [3.8, 4) is 0 Å². The number of hydrogen-bond acceptors (Lipinski definition) is 4. The van der Waals surface area contributed by atoms with Crippen LogP contribution in [0.2, 0.25) is 0 Å². The third-order valence-corrected chi connectivity index (χ3v) is 3.83. The van der Waals surface area contributed by atoms with E-state index in [4.69, 9.17) is 0 Å². The zero-order valence-electron chi connectivity index (χ0n) is 13.3. The molecule has 1 rings (SSSR count). The summed E-state index contributed by atoms with van der Waals surface area (Å²) in [6.07, 6.45) is 0.458. The molecule has 0 heterocycles. The van der Waals surface area contributed by atoms with Crippen molar-refractivity contribution in [2.45, 2.75) is 31.8 Å². The van der Waals surface area contributed by atoms with E-state index >= 15 is 0 Å². The standard InChI is InChI=1S/C16H26N2O3/c1-5-16(10-19,11-20)17-15(21)14(18(3)4)13-8-6-12(2)7-9-13/h6-9,14,19-20H,5,10-11H2,1-4H3,(H,17,21)/t14-/m0/s1. The van der Waals surface area contributed by atoms with Crippen molar-refractivity contribution in [3.63, 3.8) is 0 Å². The third-order valence-electron chi connectivity index (χ3n) is 3.83. The maximum atomic E-state index is 12.6. The summed E-state index contributed by atoms with van der Waals surface area (Å²) in [5.41, 5.74) is 1.03. The lowest BCUT2D eigenvalue weighted by atomic mass is 9.96. The Morgan fingerprint density at radius 3 is 2.14 bits per heavy atom. The fourth-order valence-corrected chi connectivity index (χ4v) is 2.20. The van der Waals surface area contributed by atoms with Crippen molar-refractivity contribution in [1.82, 2.24) is 10.2 Å². The molecular weight excluding hydrogens is 268 g/mol. The number of rotatable bonds is 7. The highest BCUT2D eigenvalue weighted by atomic mass is 16.3. The van der Waals surface area contributed by atoms with Crippen molar-refractivity contribution in [1.29, 1.82) is 0 Å². The topological polar surface area (TPSA) is 72.8 Å². The first-order chi connectivity index (χ1) is 9.89. The van der Waals surface area contributed by atoms with Gasteiger partial charge in [-0.15, -0.1) is 0 Å². The summed E-state index contributed by atoms with van der Waals surface area (Å²) in [6, 6.07) is 7.31. The summed E-state index contributed by atoms with van der Waals surface area (Å²) in [7, 11) is 3.66. The van der Waals surface area contributed by atoms with E-state index in [0.29, 0.717) is 6.42 Å². The minimum atomic E-state index is -0.976. The van der Waals surface area contributed by atoms with Gasteiger partial charge >= 0.3 is 0 Å². The van der Waals surface area contributed by atoms with E-state index in [9.17, 15) is 15.0 Å². The molecule has 0 aliphatic carbocycles. The van der Waals surface area contributed by atoms with Gasteiger partial charge in [-0.25, -0.2) is 0 Å². The van der Waals surface area contributed by atoms with Gasteiger partial charge in [0.15, 0.2) is 0 Å². The molecule has 1 aromatic rings. The number of carbonyl (C=O) groups excluding carboxylic acids is 1. The Morgan fingerprint density at radius 2 is 1.76 bits per heavy atom. The third kappa shape index (κ3) is 4.27. The van der Waals surface area contributed by atoms with Crippen LogP contribution >= 0.6 is 0 Å². The van der Waals surface area contributed by atoms with Crippen molar-refractivity contribution in [2.75, 3.05) is 27.3 Å². The molecule has 5 heteroatoms. The van der Waals surface area contributed by atoms with E-state index in [0.717, 1.165) is 11.1 Å². The Bertz CT molecular complexity index is 445. The maximum absolute atomic E-state index is 12.6. The van der Waals surface area contributed by atoms with Crippen molar-refractivity contribution < 1.29 is 15.0 Å². The zero-order valence-corrected chi connectivity index (χ0v) is 13.3. The summed E-state index contributed by atoms with van der Waals surface area (Å²) in [4.78, 5) is 14.4. The van der Waals surface area contributed by atoms with Crippen LogP contribution in [-0.2, 0) is 4.79 Å². The van der Waals surface area contributed by atoms with Gasteiger partial charge in [0.25, 0.3) is 0 Å². The molecule has 0 unspecified atom stereocenters. The Morgan fingerprint density at radius 1 is 1.24 bits per heavy atom. The normalized spacial score (nSPS) is 13.3. The molecule has 0 bridgehead atoms. The molecule has 0 spiro atoms. The van der Waals surface area contributed by atoms with Crippen LogP contribution in [0.25, 0.3) is 0 Å². The Balaban J connectivity index is 3.01. The van der Waals surface area contributed by atoms with Crippen LogP contribution in [0.1, 0.15) is 30.5 Å². The van der Waals surface area contributed by atoms with Gasteiger partial charge in [0.2, 0.25) is 5.91 Å². The summed E-state index contributed by atoms with van der Waals surface area (Å²) >= 11 is 0. The van der Waals surface area contributed by atoms with Gasteiger partial charge in [-0.05, 0) is 33.0 Å². The van der Waals surface area contributed by atoms with E-state index in [1.165, 1.54) is 0 Å². The monoisotopic (exact) mass is 294 g/mol. The van der Waals surface area contributed by atoms with Crippen molar-refractivity contribution >= 4 is 5.91 Å². The molecule has 0 saturated carbocycles. The number of likely N-dealkylation sites (N-methyl/N-ethyl adjacent to an activating group) is 1. The number of nitrogens with one attached hydrogen (secondary N) is 1. The first kappa shape index (κ1) is 17.6. The molecule has 0 aliphatic rings. The molecule has 1 aromatic carbocycles. The molecule has 0 radical (unpaired) electrons. The van der Waals surface area contributed by atoms with Crippen molar-refractivity contribution in [3.05, 3.63) is 35.4 Å². The highest BCUT2D eigenvalue weighted by Crippen LogP contribution is 2.21. The molecule has 0 aromatic heterocycles. The average molecular weight is 294 g/mol. The van der Waals surface area contributed by atoms with Crippen LogP contribution in [0.5, 0.6) is 0 Å². The number of nitrogens with zero attached hydrogens (tertiary/aromatic N) is 1. The van der Waals surface area contributed by atoms with E-state index in [2.05, 4.69) is 5.32 Å². The lowest BCUT2D eigenvalue weighted by Crippen LogP contribution is -2.56. The summed E-state index contributed by atoms with van der Waals surface area (Å²) < 4.78 is 0. The van der Waals surface area contributed by atoms with Crippen LogP contribution in [0, 0.1) is 6.92 Å². The van der Waals surface area contributed by atoms with Crippen LogP contribution in [0.15, 0.2) is 24.3 Å². The predicted octanol–water partition coefficient (Wildman–Crippen LogP) is 0.847. The van der Waals surface area contributed by atoms with Gasteiger partial charge in [-0.2, -0.15) is 0 Å². The lowest BCUT2D eigenvalue weighted by Gasteiger charge is -2.33. The lowest BCUT2D eigenvalue weighted by molar-refractivity contribution is -0.129. The molecule has 1 amide bonds. The second-order valence-corrected chi connectivity index (χ2v) is 5.72. The molecular formula is C16H26N2O3. The number of amides is 1. The molecule has 0 fully saturated rings. The molecule has 118 valence electrons. The SMILES string of the molecule is CCC(CO)(CO)NC(=O)[C@H](c1ccc(C)cc1)N(C)C. The number of aliphatic hydroxyl groups is 2. The van der Waals surface area contributed by atoms with E-state index in [1.807, 2.05) is 57.1 Å². The van der Waals surface area contributed by atoms with Gasteiger partial charge in [-0.3, -0.25) is 9.69 Å². The Labute approximate surface area is 126 Å². The minimum absolute atomic E-state index is 0.228. The van der Waals surface area contributed by atoms with Crippen LogP contribution in [-0.4, -0.2) is 53.9 Å². The van der Waals surface area contributed by atoms with Gasteiger partial charge in [0, 0.05) is 0 Å². The largest absolute Gasteiger partial charge is 0.394 e. The van der Waals surface area contributed by atoms with Gasteiger partial charge < -0.3 is 15.5 Å².